The van der Waals surface area contributed by atoms with Crippen LogP contribution in [0.15, 0.2) is 110 Å². The molecule has 8 nitrogen and oxygen atoms in total. The number of methoxy groups -OCH3 is 2. The van der Waals surface area contributed by atoms with Crippen LogP contribution in [0, 0.1) is 5.82 Å². The third kappa shape index (κ3) is 8.02. The molecule has 0 spiro atoms. The molecule has 0 unspecified atom stereocenters. The molecule has 7 aromatic rings. The van der Waals surface area contributed by atoms with Crippen molar-refractivity contribution in [2.75, 3.05) is 14.2 Å². The van der Waals surface area contributed by atoms with Crippen molar-refractivity contribution in [3.63, 3.8) is 0 Å². The zero-order chi connectivity index (χ0) is 35.2. The number of benzene rings is 3. The van der Waals surface area contributed by atoms with Crippen LogP contribution in [0.25, 0.3) is 21.8 Å². The van der Waals surface area contributed by atoms with E-state index in [-0.39, 0.29) is 5.82 Å². The van der Waals surface area contributed by atoms with E-state index in [0.29, 0.717) is 51.9 Å². The number of H-pyrrole nitrogens is 1. The molecule has 0 fully saturated rings. The monoisotopic (exact) mass is 708 g/mol. The quantitative estimate of drug-likeness (QED) is 0.158. The summed E-state index contributed by atoms with van der Waals surface area (Å²) in [5.41, 5.74) is 7.15. The van der Waals surface area contributed by atoms with Crippen LogP contribution in [-0.2, 0) is 28.9 Å². The average Bonchev–Trinajstić information content (AvgIpc) is 3.76. The van der Waals surface area contributed by atoms with Crippen molar-refractivity contribution >= 4 is 56.9 Å². The number of nitrogens with one attached hydrogen (secondary N) is 1. The molecule has 11 heteroatoms. The Morgan fingerprint density at radius 1 is 0.740 bits per heavy atom. The van der Waals surface area contributed by atoms with Crippen LogP contribution in [0.2, 0.25) is 10.0 Å². The number of esters is 2. The van der Waals surface area contributed by atoms with Gasteiger partial charge in [0.15, 0.2) is 0 Å². The smallest absolute Gasteiger partial charge is 0.339 e. The van der Waals surface area contributed by atoms with Crippen LogP contribution in [0.4, 0.5) is 4.39 Å². The van der Waals surface area contributed by atoms with Crippen molar-refractivity contribution in [3.05, 3.63) is 165 Å². The molecule has 4 aromatic heterocycles. The zero-order valence-corrected chi connectivity index (χ0v) is 28.6. The maximum absolute atomic E-state index is 13.5. The maximum atomic E-state index is 13.5. The largest absolute Gasteiger partial charge is 0.465 e. The molecule has 0 saturated carbocycles. The summed E-state index contributed by atoms with van der Waals surface area (Å²) in [7, 11) is 2.68. The van der Waals surface area contributed by atoms with Gasteiger partial charge in [0, 0.05) is 55.2 Å². The van der Waals surface area contributed by atoms with E-state index in [1.807, 2.05) is 54.9 Å². The third-order valence-electron chi connectivity index (χ3n) is 8.12. The third-order valence-corrected chi connectivity index (χ3v) is 8.54. The Balaban J connectivity index is 0.000000182. The lowest BCUT2D eigenvalue weighted by atomic mass is 10.0. The number of carbonyl (C=O) groups excluding carboxylic acids is 2. The van der Waals surface area contributed by atoms with E-state index in [4.69, 9.17) is 32.7 Å². The lowest BCUT2D eigenvalue weighted by Gasteiger charge is -2.09. The SMILES string of the molecule is COC(=O)c1cc(Cl)cnc1Cc1ccc2[nH]ccc2c1.COC(=O)c1cc(Cl)cnc1Cc1ccc2c(ccn2Cc2cccc(F)c2)c1. The van der Waals surface area contributed by atoms with Gasteiger partial charge in [0.25, 0.3) is 0 Å². The standard InChI is InChI=1S/C23H18ClFN2O2.C16H13ClN2O2/c1-29-23(28)20-12-18(24)13-26-21(20)11-15-5-6-22-17(9-15)7-8-27(22)14-16-3-2-4-19(25)10-16;1-21-16(20)13-8-12(17)9-19-15(13)7-10-2-3-14-11(6-10)4-5-18-14/h2-10,12-13H,11,14H2,1H3;2-6,8-9,18H,7H2,1H3. The van der Waals surface area contributed by atoms with E-state index < -0.39 is 11.9 Å². The number of rotatable bonds is 8. The van der Waals surface area contributed by atoms with Crippen molar-refractivity contribution < 1.29 is 23.5 Å². The molecule has 0 aliphatic heterocycles. The highest BCUT2D eigenvalue weighted by molar-refractivity contribution is 6.31. The molecule has 3 aromatic carbocycles. The number of halogens is 3. The number of nitrogens with zero attached hydrogens (tertiary/aromatic N) is 3. The van der Waals surface area contributed by atoms with Gasteiger partial charge in [-0.15, -0.1) is 0 Å². The van der Waals surface area contributed by atoms with Crippen LogP contribution < -0.4 is 0 Å². The number of aromatic nitrogens is 4. The highest BCUT2D eigenvalue weighted by atomic mass is 35.5. The summed E-state index contributed by atoms with van der Waals surface area (Å²) in [4.78, 5) is 35.6. The van der Waals surface area contributed by atoms with E-state index >= 15 is 0 Å². The molecule has 0 aliphatic rings. The van der Waals surface area contributed by atoms with Gasteiger partial charge in [-0.2, -0.15) is 0 Å². The van der Waals surface area contributed by atoms with Gasteiger partial charge in [0.05, 0.1) is 46.8 Å². The van der Waals surface area contributed by atoms with Gasteiger partial charge < -0.3 is 19.0 Å². The number of aromatic amines is 1. The van der Waals surface area contributed by atoms with Gasteiger partial charge in [-0.05, 0) is 88.1 Å². The van der Waals surface area contributed by atoms with Crippen molar-refractivity contribution in [2.24, 2.45) is 0 Å². The molecule has 0 aliphatic carbocycles. The number of fused-ring (bicyclic) bond motifs is 2. The molecule has 1 N–H and O–H groups in total. The maximum Gasteiger partial charge on any atom is 0.339 e. The second-order valence-corrected chi connectivity index (χ2v) is 12.4. The summed E-state index contributed by atoms with van der Waals surface area (Å²) in [5.74, 6) is -1.13. The number of carbonyl (C=O) groups is 2. The Hall–Kier alpha value is -5.51. The number of hydrogen-bond acceptors (Lipinski definition) is 6. The van der Waals surface area contributed by atoms with Crippen molar-refractivity contribution in [2.45, 2.75) is 19.4 Å². The van der Waals surface area contributed by atoms with Crippen molar-refractivity contribution in [1.29, 1.82) is 0 Å². The average molecular weight is 710 g/mol. The van der Waals surface area contributed by atoms with Gasteiger partial charge in [0.2, 0.25) is 0 Å². The minimum atomic E-state index is -0.461. The molecule has 50 heavy (non-hydrogen) atoms. The van der Waals surface area contributed by atoms with Crippen LogP contribution in [0.1, 0.15) is 48.8 Å². The summed E-state index contributed by atoms with van der Waals surface area (Å²) in [5, 5.41) is 2.99. The number of ether oxygens (including phenoxy) is 2. The lowest BCUT2D eigenvalue weighted by molar-refractivity contribution is 0.0590. The molecular weight excluding hydrogens is 678 g/mol. The Bertz CT molecular complexity index is 2340. The van der Waals surface area contributed by atoms with Gasteiger partial charge >= 0.3 is 11.9 Å². The lowest BCUT2D eigenvalue weighted by Crippen LogP contribution is -2.08. The molecule has 4 heterocycles. The van der Waals surface area contributed by atoms with Crippen LogP contribution in [-0.4, -0.2) is 45.7 Å². The summed E-state index contributed by atoms with van der Waals surface area (Å²) < 4.78 is 25.2. The number of pyridine rings is 2. The van der Waals surface area contributed by atoms with Gasteiger partial charge in [-0.25, -0.2) is 14.0 Å². The zero-order valence-electron chi connectivity index (χ0n) is 27.1. The summed E-state index contributed by atoms with van der Waals surface area (Å²) in [6.45, 7) is 0.589. The van der Waals surface area contributed by atoms with E-state index in [2.05, 4.69) is 31.7 Å². The molecule has 0 radical (unpaired) electrons. The van der Waals surface area contributed by atoms with E-state index in [1.54, 1.807) is 24.3 Å². The van der Waals surface area contributed by atoms with Crippen molar-refractivity contribution in [1.82, 2.24) is 19.5 Å². The molecule has 0 amide bonds. The van der Waals surface area contributed by atoms with Crippen LogP contribution in [0.3, 0.4) is 0 Å². The minimum Gasteiger partial charge on any atom is -0.465 e. The molecule has 0 atom stereocenters. The molecule has 0 bridgehead atoms. The van der Waals surface area contributed by atoms with E-state index in [1.165, 1.54) is 32.7 Å². The van der Waals surface area contributed by atoms with Gasteiger partial charge in [0.1, 0.15) is 5.82 Å². The molecule has 252 valence electrons. The first-order valence-corrected chi connectivity index (χ1v) is 16.3. The summed E-state index contributed by atoms with van der Waals surface area (Å²) >= 11 is 11.9. The van der Waals surface area contributed by atoms with Crippen LogP contribution >= 0.6 is 23.2 Å². The summed E-state index contributed by atoms with van der Waals surface area (Å²) in [6.07, 6.45) is 7.97. The topological polar surface area (TPSA) is 99.1 Å². The second-order valence-electron chi connectivity index (χ2n) is 11.5. The number of hydrogen-bond donors (Lipinski definition) is 1. The Kier molecular flexibility index (Phi) is 10.6. The van der Waals surface area contributed by atoms with E-state index in [0.717, 1.165) is 38.5 Å². The predicted octanol–water partition coefficient (Wildman–Crippen LogP) is 8.85. The molecule has 0 saturated heterocycles. The van der Waals surface area contributed by atoms with Crippen LogP contribution in [0.5, 0.6) is 0 Å². The van der Waals surface area contributed by atoms with Gasteiger partial charge in [-0.1, -0.05) is 47.5 Å². The molecule has 7 rings (SSSR count). The fourth-order valence-corrected chi connectivity index (χ4v) is 6.03. The van der Waals surface area contributed by atoms with Gasteiger partial charge in [-0.3, -0.25) is 9.97 Å². The fourth-order valence-electron chi connectivity index (χ4n) is 5.72. The minimum absolute atomic E-state index is 0.238. The summed E-state index contributed by atoms with van der Waals surface area (Å²) in [6, 6.07) is 26.0. The second kappa shape index (κ2) is 15.4. The van der Waals surface area contributed by atoms with E-state index in [9.17, 15) is 14.0 Å². The first-order valence-electron chi connectivity index (χ1n) is 15.5. The molecular formula is C39H31Cl2FN4O4. The Morgan fingerprint density at radius 2 is 1.36 bits per heavy atom. The predicted molar refractivity (Wildman–Crippen MR) is 193 cm³/mol. The Morgan fingerprint density at radius 3 is 1.98 bits per heavy atom. The highest BCUT2D eigenvalue weighted by Crippen LogP contribution is 2.24. The fraction of sp³-hybridized carbons (Fsp3) is 0.128. The highest BCUT2D eigenvalue weighted by Gasteiger charge is 2.16. The Labute approximate surface area is 297 Å². The first-order chi connectivity index (χ1) is 24.2. The normalized spacial score (nSPS) is 10.9. The first kappa shape index (κ1) is 34.4. The van der Waals surface area contributed by atoms with Crippen molar-refractivity contribution in [3.8, 4) is 0 Å².